The van der Waals surface area contributed by atoms with Crippen molar-refractivity contribution >= 4 is 49.0 Å². The Labute approximate surface area is 197 Å². The van der Waals surface area contributed by atoms with Crippen LogP contribution in [0.2, 0.25) is 0 Å². The average Bonchev–Trinajstić information content (AvgIpc) is 3.25. The van der Waals surface area contributed by atoms with Gasteiger partial charge in [-0.3, -0.25) is 0 Å². The van der Waals surface area contributed by atoms with E-state index in [4.69, 9.17) is 0 Å². The third-order valence-corrected chi connectivity index (χ3v) is 8.11. The molecule has 0 spiro atoms. The summed E-state index contributed by atoms with van der Waals surface area (Å²) < 4.78 is 1.40. The molecule has 1 aliphatic rings. The van der Waals surface area contributed by atoms with Crippen molar-refractivity contribution in [1.29, 1.82) is 0 Å². The molecule has 0 bridgehead atoms. The number of hydrogen-bond acceptors (Lipinski definition) is 1. The lowest BCUT2D eigenvalue weighted by atomic mass is 9.91. The largest absolute Gasteiger partial charge is 0.136 e. The van der Waals surface area contributed by atoms with E-state index in [-0.39, 0.29) is 0 Å². The smallest absolute Gasteiger partial charge is 0.0352 e. The topological polar surface area (TPSA) is 0 Å². The third kappa shape index (κ3) is 3.04. The van der Waals surface area contributed by atoms with Crippen LogP contribution >= 0.6 is 11.3 Å². The van der Waals surface area contributed by atoms with E-state index >= 15 is 0 Å². The SMILES string of the molecule is C1=Cc2sc3ccc(-c4ccc(-c5c6ccccc6cc6ccccc56)cc4)cc3c2CC1. The first kappa shape index (κ1) is 18.8. The molecule has 1 heterocycles. The summed E-state index contributed by atoms with van der Waals surface area (Å²) in [5.41, 5.74) is 6.69. The second-order valence-corrected chi connectivity index (χ2v) is 9.95. The van der Waals surface area contributed by atoms with Gasteiger partial charge in [0.1, 0.15) is 0 Å². The normalized spacial score (nSPS) is 13.1. The number of benzene rings is 5. The fraction of sp³-hybridized carbons (Fsp3) is 0.0625. The minimum absolute atomic E-state index is 1.15. The number of thiophene rings is 1. The summed E-state index contributed by atoms with van der Waals surface area (Å²) in [5.74, 6) is 0. The van der Waals surface area contributed by atoms with Crippen molar-refractivity contribution in [3.8, 4) is 22.3 Å². The quantitative estimate of drug-likeness (QED) is 0.236. The molecule has 33 heavy (non-hydrogen) atoms. The Balaban J connectivity index is 1.37. The first-order valence-corrected chi connectivity index (χ1v) is 12.4. The van der Waals surface area contributed by atoms with Crippen molar-refractivity contribution in [3.63, 3.8) is 0 Å². The van der Waals surface area contributed by atoms with Crippen molar-refractivity contribution in [3.05, 3.63) is 114 Å². The average molecular weight is 439 g/mol. The Kier molecular flexibility index (Phi) is 4.25. The Hall–Kier alpha value is -3.68. The molecule has 1 aromatic heterocycles. The van der Waals surface area contributed by atoms with Gasteiger partial charge in [-0.05, 0) is 91.9 Å². The number of aryl methyl sites for hydroxylation is 1. The van der Waals surface area contributed by atoms with Gasteiger partial charge in [0, 0.05) is 9.58 Å². The molecule has 0 aliphatic heterocycles. The molecule has 0 amide bonds. The van der Waals surface area contributed by atoms with Crippen LogP contribution < -0.4 is 0 Å². The van der Waals surface area contributed by atoms with Gasteiger partial charge in [0.2, 0.25) is 0 Å². The van der Waals surface area contributed by atoms with Crippen molar-refractivity contribution in [2.24, 2.45) is 0 Å². The number of fused-ring (bicyclic) bond motifs is 5. The predicted molar refractivity (Wildman–Crippen MR) is 145 cm³/mol. The van der Waals surface area contributed by atoms with E-state index in [9.17, 15) is 0 Å². The highest BCUT2D eigenvalue weighted by Crippen LogP contribution is 2.39. The molecule has 0 saturated carbocycles. The first-order valence-electron chi connectivity index (χ1n) is 11.6. The van der Waals surface area contributed by atoms with Crippen LogP contribution in [0.1, 0.15) is 16.9 Å². The fourth-order valence-corrected chi connectivity index (χ4v) is 6.48. The Morgan fingerprint density at radius 3 is 2.00 bits per heavy atom. The minimum Gasteiger partial charge on any atom is -0.136 e. The van der Waals surface area contributed by atoms with Crippen LogP contribution in [0.25, 0.3) is 60.0 Å². The van der Waals surface area contributed by atoms with Gasteiger partial charge in [-0.25, -0.2) is 0 Å². The molecule has 5 aromatic carbocycles. The maximum Gasteiger partial charge on any atom is 0.0352 e. The summed E-state index contributed by atoms with van der Waals surface area (Å²) in [6.07, 6.45) is 6.90. The maximum absolute atomic E-state index is 2.39. The predicted octanol–water partition coefficient (Wildman–Crippen LogP) is 9.50. The van der Waals surface area contributed by atoms with Crippen LogP contribution in [0.3, 0.4) is 0 Å². The van der Waals surface area contributed by atoms with Gasteiger partial charge < -0.3 is 0 Å². The molecule has 7 rings (SSSR count). The van der Waals surface area contributed by atoms with Crippen molar-refractivity contribution in [1.82, 2.24) is 0 Å². The fourth-order valence-electron chi connectivity index (χ4n) is 5.31. The van der Waals surface area contributed by atoms with Gasteiger partial charge >= 0.3 is 0 Å². The van der Waals surface area contributed by atoms with Gasteiger partial charge in [0.05, 0.1) is 0 Å². The lowest BCUT2D eigenvalue weighted by Gasteiger charge is -2.13. The zero-order chi connectivity index (χ0) is 21.8. The highest BCUT2D eigenvalue weighted by Gasteiger charge is 2.14. The summed E-state index contributed by atoms with van der Waals surface area (Å²) in [7, 11) is 0. The second-order valence-electron chi connectivity index (χ2n) is 8.87. The van der Waals surface area contributed by atoms with Gasteiger partial charge in [-0.2, -0.15) is 0 Å². The van der Waals surface area contributed by atoms with E-state index < -0.39 is 0 Å². The lowest BCUT2D eigenvalue weighted by Crippen LogP contribution is -1.89. The summed E-state index contributed by atoms with van der Waals surface area (Å²) in [4.78, 5) is 1.44. The highest BCUT2D eigenvalue weighted by atomic mass is 32.1. The van der Waals surface area contributed by atoms with Crippen LogP contribution in [-0.4, -0.2) is 0 Å². The molecule has 0 nitrogen and oxygen atoms in total. The van der Waals surface area contributed by atoms with E-state index in [1.807, 2.05) is 11.3 Å². The monoisotopic (exact) mass is 438 g/mol. The maximum atomic E-state index is 2.39. The van der Waals surface area contributed by atoms with Gasteiger partial charge in [-0.1, -0.05) is 84.9 Å². The molecule has 0 atom stereocenters. The van der Waals surface area contributed by atoms with Crippen LogP contribution in [0.4, 0.5) is 0 Å². The van der Waals surface area contributed by atoms with Crippen molar-refractivity contribution < 1.29 is 0 Å². The number of hydrogen-bond donors (Lipinski definition) is 0. The van der Waals surface area contributed by atoms with Gasteiger partial charge in [0.25, 0.3) is 0 Å². The molecule has 1 aliphatic carbocycles. The number of allylic oxidation sites excluding steroid dienone is 1. The summed E-state index contributed by atoms with van der Waals surface area (Å²) >= 11 is 1.92. The zero-order valence-corrected chi connectivity index (χ0v) is 19.0. The molecule has 0 N–H and O–H groups in total. The molecular formula is C32H22S. The van der Waals surface area contributed by atoms with E-state index in [2.05, 4.69) is 109 Å². The van der Waals surface area contributed by atoms with E-state index in [1.54, 1.807) is 0 Å². The third-order valence-electron chi connectivity index (χ3n) is 6.93. The van der Waals surface area contributed by atoms with Crippen molar-refractivity contribution in [2.75, 3.05) is 0 Å². The van der Waals surface area contributed by atoms with Gasteiger partial charge in [0.15, 0.2) is 0 Å². The number of rotatable bonds is 2. The van der Waals surface area contributed by atoms with E-state index in [0.717, 1.165) is 12.8 Å². The highest BCUT2D eigenvalue weighted by molar-refractivity contribution is 7.20. The van der Waals surface area contributed by atoms with Crippen LogP contribution in [0.5, 0.6) is 0 Å². The van der Waals surface area contributed by atoms with Crippen molar-refractivity contribution in [2.45, 2.75) is 12.8 Å². The molecular weight excluding hydrogens is 416 g/mol. The second kappa shape index (κ2) is 7.43. The molecule has 6 aromatic rings. The zero-order valence-electron chi connectivity index (χ0n) is 18.2. The van der Waals surface area contributed by atoms with Crippen LogP contribution in [-0.2, 0) is 6.42 Å². The van der Waals surface area contributed by atoms with Crippen LogP contribution in [0.15, 0.2) is 103 Å². The van der Waals surface area contributed by atoms with E-state index in [1.165, 1.54) is 64.3 Å². The molecule has 0 saturated heterocycles. The molecule has 0 unspecified atom stereocenters. The summed E-state index contributed by atoms with van der Waals surface area (Å²) in [6.45, 7) is 0. The molecule has 0 radical (unpaired) electrons. The first-order chi connectivity index (χ1) is 16.3. The summed E-state index contributed by atoms with van der Waals surface area (Å²) in [5, 5.41) is 6.63. The summed E-state index contributed by atoms with van der Waals surface area (Å²) in [6, 6.07) is 35.9. The Bertz CT molecular complexity index is 1640. The Morgan fingerprint density at radius 1 is 0.576 bits per heavy atom. The molecule has 1 heteroatoms. The lowest BCUT2D eigenvalue weighted by molar-refractivity contribution is 1.01. The molecule has 0 fully saturated rings. The molecule has 156 valence electrons. The van der Waals surface area contributed by atoms with Crippen LogP contribution in [0, 0.1) is 0 Å². The minimum atomic E-state index is 1.15. The standard InChI is InChI=1S/C32H22S/c1-3-9-26-24(7-1)19-25-8-2-4-10-27(25)32(26)22-15-13-21(14-16-22)23-17-18-31-29(20-23)28-11-5-6-12-30(28)33-31/h1-4,6-10,12-20H,5,11H2. The van der Waals surface area contributed by atoms with E-state index in [0.29, 0.717) is 0 Å². The Morgan fingerprint density at radius 2 is 1.24 bits per heavy atom. The van der Waals surface area contributed by atoms with Gasteiger partial charge in [-0.15, -0.1) is 11.3 Å².